The topological polar surface area (TPSA) is 44.1 Å². The Hall–Kier alpha value is -0.943. The van der Waals surface area contributed by atoms with Crippen LogP contribution in [0.3, 0.4) is 0 Å². The van der Waals surface area contributed by atoms with Crippen molar-refractivity contribution in [3.8, 4) is 0 Å². The summed E-state index contributed by atoms with van der Waals surface area (Å²) >= 11 is 0. The minimum Gasteiger partial charge on any atom is -0.417 e. The van der Waals surface area contributed by atoms with Crippen molar-refractivity contribution in [2.45, 2.75) is 72.0 Å². The molecule has 0 aliphatic heterocycles. The minimum absolute atomic E-state index is 0.0395. The summed E-state index contributed by atoms with van der Waals surface area (Å²) in [6, 6.07) is 0. The number of carbonyl (C=O) groups is 1. The first-order valence-corrected chi connectivity index (χ1v) is 11.5. The van der Waals surface area contributed by atoms with E-state index in [1.807, 2.05) is 25.5 Å². The molecule has 4 nitrogen and oxygen atoms in total. The Labute approximate surface area is 142 Å². The summed E-state index contributed by atoms with van der Waals surface area (Å²) in [4.78, 5) is 16.7. The second kappa shape index (κ2) is 7.75. The molecule has 0 bridgehead atoms. The molecule has 0 aliphatic carbocycles. The molecule has 23 heavy (non-hydrogen) atoms. The van der Waals surface area contributed by atoms with E-state index in [1.54, 1.807) is 6.20 Å². The number of Topliss-reactive ketones (excluding diaryl/α,β-unsaturated/α-hetero) is 1. The van der Waals surface area contributed by atoms with Crippen LogP contribution < -0.4 is 0 Å². The monoisotopic (exact) mass is 338 g/mol. The molecule has 132 valence electrons. The van der Waals surface area contributed by atoms with Gasteiger partial charge >= 0.3 is 0 Å². The zero-order valence-corrected chi connectivity index (χ0v) is 17.2. The van der Waals surface area contributed by atoms with E-state index >= 15 is 0 Å². The van der Waals surface area contributed by atoms with E-state index in [0.29, 0.717) is 5.69 Å². The molecule has 1 atom stereocenters. The summed E-state index contributed by atoms with van der Waals surface area (Å²) < 4.78 is 8.06. The fraction of sp³-hybridized carbons (Fsp3) is 0.778. The van der Waals surface area contributed by atoms with E-state index in [4.69, 9.17) is 4.43 Å². The van der Waals surface area contributed by atoms with E-state index in [1.165, 1.54) is 0 Å². The maximum absolute atomic E-state index is 12.4. The van der Waals surface area contributed by atoms with Gasteiger partial charge in [0.05, 0.1) is 6.20 Å². The number of ketones is 1. The zero-order chi connectivity index (χ0) is 17.8. The number of aromatic nitrogens is 2. The third-order valence-electron chi connectivity index (χ3n) is 5.22. The largest absolute Gasteiger partial charge is 0.417 e. The molecule has 1 unspecified atom stereocenters. The van der Waals surface area contributed by atoms with Gasteiger partial charge in [-0.2, -0.15) is 0 Å². The average molecular weight is 339 g/mol. The van der Waals surface area contributed by atoms with Gasteiger partial charge in [0.25, 0.3) is 0 Å². The molecule has 0 aromatic carbocycles. The third-order valence-corrected chi connectivity index (χ3v) is 9.76. The van der Waals surface area contributed by atoms with E-state index < -0.39 is 8.32 Å². The average Bonchev–Trinajstić information content (AvgIpc) is 2.76. The van der Waals surface area contributed by atoms with Gasteiger partial charge < -0.3 is 8.99 Å². The van der Waals surface area contributed by atoms with Gasteiger partial charge in [0, 0.05) is 19.6 Å². The second-order valence-corrected chi connectivity index (χ2v) is 12.9. The lowest BCUT2D eigenvalue weighted by atomic mass is 9.97. The van der Waals surface area contributed by atoms with Gasteiger partial charge in [-0.3, -0.25) is 4.79 Å². The molecule has 0 amide bonds. The van der Waals surface area contributed by atoms with E-state index in [9.17, 15) is 4.79 Å². The maximum Gasteiger partial charge on any atom is 0.191 e. The van der Waals surface area contributed by atoms with Crippen molar-refractivity contribution in [3.63, 3.8) is 0 Å². The van der Waals surface area contributed by atoms with Crippen LogP contribution in [0, 0.1) is 12.8 Å². The van der Waals surface area contributed by atoms with Crippen molar-refractivity contribution in [1.29, 1.82) is 0 Å². The highest BCUT2D eigenvalue weighted by atomic mass is 28.4. The van der Waals surface area contributed by atoms with Gasteiger partial charge in [0.1, 0.15) is 11.5 Å². The molecular formula is C18H34N2O2Si. The van der Waals surface area contributed by atoms with E-state index in [2.05, 4.69) is 38.8 Å². The zero-order valence-electron chi connectivity index (χ0n) is 16.2. The van der Waals surface area contributed by atoms with Crippen molar-refractivity contribution in [1.82, 2.24) is 9.55 Å². The number of hydrogen-bond donors (Lipinski definition) is 0. The Morgan fingerprint density at radius 3 is 2.43 bits per heavy atom. The van der Waals surface area contributed by atoms with Crippen molar-refractivity contribution in [2.24, 2.45) is 13.0 Å². The van der Waals surface area contributed by atoms with Crippen LogP contribution in [0.15, 0.2) is 6.20 Å². The highest BCUT2D eigenvalue weighted by Crippen LogP contribution is 2.36. The number of nitrogens with zero attached hydrogens (tertiary/aromatic N) is 2. The molecule has 0 spiro atoms. The summed E-state index contributed by atoms with van der Waals surface area (Å²) in [5.41, 5.74) is 0.715. The van der Waals surface area contributed by atoms with Crippen LogP contribution in [0.1, 0.15) is 63.3 Å². The molecule has 0 fully saturated rings. The van der Waals surface area contributed by atoms with Crippen LogP contribution in [0.5, 0.6) is 0 Å². The highest BCUT2D eigenvalue weighted by molar-refractivity contribution is 6.74. The first kappa shape index (κ1) is 20.1. The summed E-state index contributed by atoms with van der Waals surface area (Å²) in [6.45, 7) is 16.1. The van der Waals surface area contributed by atoms with Gasteiger partial charge in [-0.1, -0.05) is 34.1 Å². The Morgan fingerprint density at radius 1 is 1.35 bits per heavy atom. The normalized spacial score (nSPS) is 14.1. The molecule has 0 N–H and O–H groups in total. The summed E-state index contributed by atoms with van der Waals surface area (Å²) in [6.07, 6.45) is 4.64. The molecule has 1 rings (SSSR count). The predicted octanol–water partition coefficient (Wildman–Crippen LogP) is 4.74. The van der Waals surface area contributed by atoms with Crippen LogP contribution in [0.2, 0.25) is 18.1 Å². The minimum atomic E-state index is -1.64. The van der Waals surface area contributed by atoms with Gasteiger partial charge in [0.15, 0.2) is 14.1 Å². The summed E-state index contributed by atoms with van der Waals surface area (Å²) in [5, 5.41) is 0.258. The van der Waals surface area contributed by atoms with E-state index in [0.717, 1.165) is 31.7 Å². The lowest BCUT2D eigenvalue weighted by Gasteiger charge is -2.36. The Morgan fingerprint density at radius 2 is 1.96 bits per heavy atom. The predicted molar refractivity (Wildman–Crippen MR) is 98.4 cm³/mol. The SMILES string of the molecule is Cc1ncc(C(=O)C(C)CCCCO[Si](C)(C)C(C)(C)C)n1C. The van der Waals surface area contributed by atoms with Crippen LogP contribution in [0.4, 0.5) is 0 Å². The fourth-order valence-corrected chi connectivity index (χ4v) is 3.30. The van der Waals surface area contributed by atoms with Crippen LogP contribution in [-0.2, 0) is 11.5 Å². The smallest absolute Gasteiger partial charge is 0.191 e. The summed E-state index contributed by atoms with van der Waals surface area (Å²) in [7, 11) is 0.258. The molecule has 0 aliphatic rings. The van der Waals surface area contributed by atoms with Crippen LogP contribution >= 0.6 is 0 Å². The van der Waals surface area contributed by atoms with Gasteiger partial charge in [-0.05, 0) is 37.9 Å². The molecule has 1 heterocycles. The maximum atomic E-state index is 12.4. The summed E-state index contributed by atoms with van der Waals surface area (Å²) in [5.74, 6) is 1.11. The molecule has 0 saturated heterocycles. The first-order chi connectivity index (χ1) is 10.5. The van der Waals surface area contributed by atoms with Crippen molar-refractivity contribution in [3.05, 3.63) is 17.7 Å². The quantitative estimate of drug-likeness (QED) is 0.391. The Balaban J connectivity index is 2.36. The molecular weight excluding hydrogens is 304 g/mol. The molecule has 0 saturated carbocycles. The van der Waals surface area contributed by atoms with Crippen molar-refractivity contribution >= 4 is 14.1 Å². The number of rotatable bonds is 8. The van der Waals surface area contributed by atoms with Crippen LogP contribution in [-0.4, -0.2) is 30.3 Å². The molecule has 0 radical (unpaired) electrons. The number of unbranched alkanes of at least 4 members (excludes halogenated alkanes) is 1. The number of carbonyl (C=O) groups excluding carboxylic acids is 1. The molecule has 5 heteroatoms. The van der Waals surface area contributed by atoms with Gasteiger partial charge in [-0.15, -0.1) is 0 Å². The van der Waals surface area contributed by atoms with Crippen LogP contribution in [0.25, 0.3) is 0 Å². The van der Waals surface area contributed by atoms with Gasteiger partial charge in [0.2, 0.25) is 0 Å². The molecule has 1 aromatic rings. The Bertz CT molecular complexity index is 530. The molecule has 1 aromatic heterocycles. The second-order valence-electron chi connectivity index (χ2n) is 8.12. The highest BCUT2D eigenvalue weighted by Gasteiger charge is 2.36. The third kappa shape index (κ3) is 5.28. The van der Waals surface area contributed by atoms with Crippen molar-refractivity contribution in [2.75, 3.05) is 6.61 Å². The lowest BCUT2D eigenvalue weighted by molar-refractivity contribution is 0.0912. The van der Waals surface area contributed by atoms with E-state index in [-0.39, 0.29) is 16.7 Å². The number of aryl methyl sites for hydroxylation is 1. The van der Waals surface area contributed by atoms with Crippen molar-refractivity contribution < 1.29 is 9.22 Å². The Kier molecular flexibility index (Phi) is 6.78. The van der Waals surface area contributed by atoms with Gasteiger partial charge in [-0.25, -0.2) is 4.98 Å². The number of imidazole rings is 1. The standard InChI is InChI=1S/C18H34N2O2Si/c1-14(17(21)16-13-19-15(2)20(16)6)11-9-10-12-22-23(7,8)18(3,4)5/h13-14H,9-12H2,1-8H3. The first-order valence-electron chi connectivity index (χ1n) is 8.64. The lowest BCUT2D eigenvalue weighted by Crippen LogP contribution is -2.40. The number of hydrogen-bond acceptors (Lipinski definition) is 3. The fourth-order valence-electron chi connectivity index (χ4n) is 2.21.